The fraction of sp³-hybridized carbons (Fsp3) is 0.0769. The molecule has 0 N–H and O–H groups in total. The molecule has 0 amide bonds. The number of nitrogens with zero attached hydrogens (tertiary/aromatic N) is 1. The van der Waals surface area contributed by atoms with Gasteiger partial charge in [0, 0.05) is 17.3 Å². The van der Waals surface area contributed by atoms with Crippen LogP contribution in [0.5, 0.6) is 0 Å². The van der Waals surface area contributed by atoms with Crippen molar-refractivity contribution >= 4 is 27.7 Å². The molecule has 0 fully saturated rings. The lowest BCUT2D eigenvalue weighted by molar-refractivity contribution is 0.112. The van der Waals surface area contributed by atoms with Gasteiger partial charge in [-0.25, -0.2) is 17.8 Å². The zero-order valence-electron chi connectivity index (χ0n) is 10.0. The fourth-order valence-corrected chi connectivity index (χ4v) is 3.16. The Labute approximate surface area is 120 Å². The molecular formula is C13H9ClFNO3S. The van der Waals surface area contributed by atoms with Gasteiger partial charge in [-0.1, -0.05) is 29.8 Å². The van der Waals surface area contributed by atoms with Crippen molar-refractivity contribution in [1.82, 2.24) is 4.98 Å². The first-order valence-corrected chi connectivity index (χ1v) is 7.43. The number of aromatic nitrogens is 1. The monoisotopic (exact) mass is 313 g/mol. The summed E-state index contributed by atoms with van der Waals surface area (Å²) in [5.41, 5.74) is -2.68. The first-order valence-electron chi connectivity index (χ1n) is 5.50. The Hall–Kier alpha value is -1.79. The molecule has 1 aromatic carbocycles. The fourth-order valence-electron chi connectivity index (χ4n) is 1.60. The average molecular weight is 314 g/mol. The molecule has 20 heavy (non-hydrogen) atoms. The summed E-state index contributed by atoms with van der Waals surface area (Å²) in [6.07, 6.45) is 1.58. The van der Waals surface area contributed by atoms with E-state index in [1.165, 1.54) is 24.3 Å². The minimum atomic E-state index is -4.25. The number of pyridine rings is 1. The van der Waals surface area contributed by atoms with Gasteiger partial charge in [-0.2, -0.15) is 0 Å². The number of hydrogen-bond acceptors (Lipinski definition) is 4. The molecule has 0 radical (unpaired) electrons. The van der Waals surface area contributed by atoms with Crippen LogP contribution in [-0.2, 0) is 9.84 Å². The second-order valence-corrected chi connectivity index (χ2v) is 6.27. The third-order valence-corrected chi connectivity index (χ3v) is 4.66. The van der Waals surface area contributed by atoms with E-state index in [0.717, 1.165) is 12.3 Å². The summed E-state index contributed by atoms with van der Waals surface area (Å²) in [4.78, 5) is 14.1. The molecule has 0 spiro atoms. The summed E-state index contributed by atoms with van der Waals surface area (Å²) >= 11 is 5.71. The molecule has 0 saturated carbocycles. The number of halogens is 2. The summed E-state index contributed by atoms with van der Waals surface area (Å²) in [5.74, 6) is 0. The minimum Gasteiger partial charge on any atom is -0.298 e. The third kappa shape index (κ3) is 2.71. The van der Waals surface area contributed by atoms with E-state index in [-0.39, 0.29) is 21.2 Å². The molecule has 104 valence electrons. The highest BCUT2D eigenvalue weighted by Crippen LogP contribution is 2.33. The number of sulfone groups is 1. The highest BCUT2D eigenvalue weighted by atomic mass is 35.5. The van der Waals surface area contributed by atoms with Crippen LogP contribution >= 0.6 is 11.6 Å². The standard InChI is InChI=1S/C13H9ClFNO3S/c14-12-11(6-9(8-17)7-16-12)13(15)20(18,19)10-4-2-1-3-5-10/h1-8,13H. The van der Waals surface area contributed by atoms with Gasteiger partial charge in [-0.15, -0.1) is 0 Å². The quantitative estimate of drug-likeness (QED) is 0.643. The van der Waals surface area contributed by atoms with Gasteiger partial charge in [0.1, 0.15) is 5.15 Å². The highest BCUT2D eigenvalue weighted by molar-refractivity contribution is 7.91. The van der Waals surface area contributed by atoms with E-state index in [1.807, 2.05) is 0 Å². The first-order chi connectivity index (χ1) is 9.46. The molecule has 2 rings (SSSR count). The van der Waals surface area contributed by atoms with Gasteiger partial charge in [-0.3, -0.25) is 4.79 Å². The molecule has 2 aromatic rings. The second kappa shape index (κ2) is 5.68. The number of benzene rings is 1. The van der Waals surface area contributed by atoms with Crippen molar-refractivity contribution in [3.63, 3.8) is 0 Å². The Morgan fingerprint density at radius 1 is 1.25 bits per heavy atom. The van der Waals surface area contributed by atoms with Gasteiger partial charge >= 0.3 is 0 Å². The summed E-state index contributed by atoms with van der Waals surface area (Å²) in [7, 11) is -4.25. The molecule has 1 atom stereocenters. The topological polar surface area (TPSA) is 64.1 Å². The summed E-state index contributed by atoms with van der Waals surface area (Å²) in [5, 5.41) is -0.289. The highest BCUT2D eigenvalue weighted by Gasteiger charge is 2.31. The average Bonchev–Trinajstić information content (AvgIpc) is 2.48. The second-order valence-electron chi connectivity index (χ2n) is 3.94. The molecule has 0 bridgehead atoms. The van der Waals surface area contributed by atoms with E-state index in [2.05, 4.69) is 4.98 Å². The zero-order valence-corrected chi connectivity index (χ0v) is 11.6. The van der Waals surface area contributed by atoms with Gasteiger partial charge in [0.05, 0.1) is 4.90 Å². The Morgan fingerprint density at radius 3 is 2.50 bits per heavy atom. The maximum atomic E-state index is 14.3. The molecule has 0 saturated heterocycles. The van der Waals surface area contributed by atoms with Crippen LogP contribution in [0, 0.1) is 0 Å². The summed E-state index contributed by atoms with van der Waals surface area (Å²) in [6.45, 7) is 0. The lowest BCUT2D eigenvalue weighted by Crippen LogP contribution is -2.11. The van der Waals surface area contributed by atoms with E-state index < -0.39 is 15.3 Å². The normalized spacial score (nSPS) is 12.9. The smallest absolute Gasteiger partial charge is 0.233 e. The molecule has 0 aliphatic rings. The van der Waals surface area contributed by atoms with Crippen LogP contribution in [-0.4, -0.2) is 19.7 Å². The SMILES string of the molecule is O=Cc1cnc(Cl)c(C(F)S(=O)(=O)c2ccccc2)c1. The summed E-state index contributed by atoms with van der Waals surface area (Å²) < 4.78 is 38.6. The van der Waals surface area contributed by atoms with Crippen molar-refractivity contribution in [2.45, 2.75) is 10.4 Å². The summed E-state index contributed by atoms with van der Waals surface area (Å²) in [6, 6.07) is 8.24. The number of rotatable bonds is 4. The van der Waals surface area contributed by atoms with Gasteiger partial charge in [0.2, 0.25) is 15.3 Å². The van der Waals surface area contributed by atoms with Gasteiger partial charge in [0.15, 0.2) is 6.29 Å². The first kappa shape index (κ1) is 14.6. The van der Waals surface area contributed by atoms with Crippen LogP contribution in [0.15, 0.2) is 47.5 Å². The molecule has 0 aliphatic carbocycles. The number of carbonyl (C=O) groups is 1. The number of carbonyl (C=O) groups excluding carboxylic acids is 1. The van der Waals surface area contributed by atoms with Crippen molar-refractivity contribution in [2.75, 3.05) is 0 Å². The minimum absolute atomic E-state index is 0.0512. The molecule has 0 aliphatic heterocycles. The van der Waals surface area contributed by atoms with Crippen LogP contribution < -0.4 is 0 Å². The van der Waals surface area contributed by atoms with Crippen molar-refractivity contribution < 1.29 is 17.6 Å². The predicted molar refractivity (Wildman–Crippen MR) is 72.1 cm³/mol. The Morgan fingerprint density at radius 2 is 1.90 bits per heavy atom. The Balaban J connectivity index is 2.51. The van der Waals surface area contributed by atoms with Crippen molar-refractivity contribution in [3.05, 3.63) is 58.9 Å². The number of aldehydes is 1. The van der Waals surface area contributed by atoms with Crippen molar-refractivity contribution in [1.29, 1.82) is 0 Å². The lowest BCUT2D eigenvalue weighted by Gasteiger charge is -2.11. The van der Waals surface area contributed by atoms with E-state index in [4.69, 9.17) is 11.6 Å². The zero-order chi connectivity index (χ0) is 14.8. The van der Waals surface area contributed by atoms with E-state index in [0.29, 0.717) is 6.29 Å². The molecule has 1 heterocycles. The predicted octanol–water partition coefficient (Wildman–Crippen LogP) is 2.99. The van der Waals surface area contributed by atoms with Crippen LogP contribution in [0.1, 0.15) is 21.4 Å². The van der Waals surface area contributed by atoms with Crippen molar-refractivity contribution in [3.8, 4) is 0 Å². The Bertz CT molecular complexity index is 735. The van der Waals surface area contributed by atoms with Crippen LogP contribution in [0.2, 0.25) is 5.15 Å². The molecular weight excluding hydrogens is 305 g/mol. The van der Waals surface area contributed by atoms with Crippen LogP contribution in [0.4, 0.5) is 4.39 Å². The van der Waals surface area contributed by atoms with Gasteiger partial charge in [0.25, 0.3) is 0 Å². The maximum absolute atomic E-state index is 14.3. The van der Waals surface area contributed by atoms with Crippen LogP contribution in [0.25, 0.3) is 0 Å². The van der Waals surface area contributed by atoms with E-state index >= 15 is 0 Å². The lowest BCUT2D eigenvalue weighted by atomic mass is 10.2. The van der Waals surface area contributed by atoms with Crippen molar-refractivity contribution in [2.24, 2.45) is 0 Å². The third-order valence-electron chi connectivity index (χ3n) is 2.61. The number of hydrogen-bond donors (Lipinski definition) is 0. The molecule has 4 nitrogen and oxygen atoms in total. The molecule has 7 heteroatoms. The maximum Gasteiger partial charge on any atom is 0.233 e. The molecule has 1 unspecified atom stereocenters. The Kier molecular flexibility index (Phi) is 4.15. The molecule has 1 aromatic heterocycles. The van der Waals surface area contributed by atoms with Gasteiger partial charge in [-0.05, 0) is 18.2 Å². The van der Waals surface area contributed by atoms with E-state index in [9.17, 15) is 17.6 Å². The van der Waals surface area contributed by atoms with E-state index in [1.54, 1.807) is 6.07 Å². The van der Waals surface area contributed by atoms with Gasteiger partial charge < -0.3 is 0 Å². The van der Waals surface area contributed by atoms with Crippen LogP contribution in [0.3, 0.4) is 0 Å². The largest absolute Gasteiger partial charge is 0.298 e. The number of alkyl halides is 1.